The summed E-state index contributed by atoms with van der Waals surface area (Å²) in [6.45, 7) is 4.77. The van der Waals surface area contributed by atoms with Gasteiger partial charge in [-0.2, -0.15) is 0 Å². The predicted molar refractivity (Wildman–Crippen MR) is 96.2 cm³/mol. The van der Waals surface area contributed by atoms with Gasteiger partial charge in [-0.1, -0.05) is 55.4 Å². The van der Waals surface area contributed by atoms with Gasteiger partial charge in [0.15, 0.2) is 0 Å². The molecule has 2 aromatic rings. The Morgan fingerprint density at radius 2 is 1.91 bits per heavy atom. The molecule has 0 radical (unpaired) electrons. The quantitative estimate of drug-likeness (QED) is 0.692. The maximum Gasteiger partial charge on any atom is 0.200 e. The molecule has 0 atom stereocenters. The van der Waals surface area contributed by atoms with Crippen LogP contribution in [-0.2, 0) is 6.42 Å². The summed E-state index contributed by atoms with van der Waals surface area (Å²) in [7, 11) is 0. The molecule has 0 saturated carbocycles. The lowest BCUT2D eigenvalue weighted by atomic mass is 10.0. The molecule has 0 aliphatic carbocycles. The minimum atomic E-state index is 0.106. The Kier molecular flexibility index (Phi) is 4.87. The van der Waals surface area contributed by atoms with Crippen molar-refractivity contribution in [1.29, 1.82) is 0 Å². The summed E-state index contributed by atoms with van der Waals surface area (Å²) in [4.78, 5) is 14.3. The number of benzene rings is 2. The first-order valence-electron chi connectivity index (χ1n) is 8.02. The fraction of sp³-hybridized carbons (Fsp3) is 0.250. The molecule has 2 nitrogen and oxygen atoms in total. The Morgan fingerprint density at radius 3 is 2.65 bits per heavy atom. The van der Waals surface area contributed by atoms with Crippen LogP contribution in [0.4, 0.5) is 0 Å². The monoisotopic (exact) mass is 324 g/mol. The van der Waals surface area contributed by atoms with Crippen molar-refractivity contribution in [2.75, 3.05) is 6.61 Å². The highest BCUT2D eigenvalue weighted by atomic mass is 32.2. The first-order valence-corrected chi connectivity index (χ1v) is 8.84. The van der Waals surface area contributed by atoms with Crippen molar-refractivity contribution in [1.82, 2.24) is 0 Å². The number of thioether (sulfide) groups is 1. The van der Waals surface area contributed by atoms with E-state index in [0.717, 1.165) is 39.5 Å². The number of fused-ring (bicyclic) bond motifs is 1. The molecule has 1 heterocycles. The zero-order chi connectivity index (χ0) is 16.2. The summed E-state index contributed by atoms with van der Waals surface area (Å²) < 4.78 is 5.88. The molecule has 0 amide bonds. The highest BCUT2D eigenvalue weighted by Crippen LogP contribution is 2.41. The minimum absolute atomic E-state index is 0.106. The molecule has 0 spiro atoms. The number of para-hydroxylation sites is 1. The molecule has 23 heavy (non-hydrogen) atoms. The van der Waals surface area contributed by atoms with Gasteiger partial charge in [0.2, 0.25) is 5.78 Å². The molecule has 0 unspecified atom stereocenters. The number of rotatable bonds is 5. The maximum atomic E-state index is 12.6. The highest BCUT2D eigenvalue weighted by Gasteiger charge is 2.25. The van der Waals surface area contributed by atoms with E-state index in [-0.39, 0.29) is 5.78 Å². The van der Waals surface area contributed by atoms with Crippen LogP contribution in [0.2, 0.25) is 0 Å². The molecule has 1 aliphatic heterocycles. The van der Waals surface area contributed by atoms with Gasteiger partial charge in [-0.3, -0.25) is 4.79 Å². The average molecular weight is 324 g/mol. The molecule has 0 N–H and O–H groups in total. The number of allylic oxidation sites excluding steroid dienone is 1. The van der Waals surface area contributed by atoms with Gasteiger partial charge in [0.05, 0.1) is 11.5 Å². The number of hydrogen-bond donors (Lipinski definition) is 0. The van der Waals surface area contributed by atoms with Gasteiger partial charge in [0, 0.05) is 16.0 Å². The van der Waals surface area contributed by atoms with E-state index < -0.39 is 0 Å². The fourth-order valence-corrected chi connectivity index (χ4v) is 3.82. The first kappa shape index (κ1) is 15.9. The van der Waals surface area contributed by atoms with E-state index in [1.54, 1.807) is 11.8 Å². The zero-order valence-corrected chi connectivity index (χ0v) is 14.3. The molecule has 1 aliphatic rings. The largest absolute Gasteiger partial charge is 0.493 e. The van der Waals surface area contributed by atoms with Crippen LogP contribution in [0.15, 0.2) is 52.3 Å². The lowest BCUT2D eigenvalue weighted by Gasteiger charge is -2.13. The van der Waals surface area contributed by atoms with Crippen LogP contribution in [0.1, 0.15) is 41.8 Å². The SMILES string of the molecule is CCCc1cccc(C=C2Sc3ccccc3C2=O)c1OCC. The van der Waals surface area contributed by atoms with Crippen molar-refractivity contribution in [2.45, 2.75) is 31.6 Å². The number of Topliss-reactive ketones (excluding diaryl/α,β-unsaturated/α-hetero) is 1. The van der Waals surface area contributed by atoms with E-state index in [4.69, 9.17) is 4.74 Å². The maximum absolute atomic E-state index is 12.6. The molecule has 0 fully saturated rings. The van der Waals surface area contributed by atoms with Gasteiger partial charge in [-0.25, -0.2) is 0 Å². The summed E-state index contributed by atoms with van der Waals surface area (Å²) in [5.74, 6) is 1.02. The first-order chi connectivity index (χ1) is 11.2. The number of hydrogen-bond acceptors (Lipinski definition) is 3. The van der Waals surface area contributed by atoms with Gasteiger partial charge < -0.3 is 4.74 Å². The fourth-order valence-electron chi connectivity index (χ4n) is 2.78. The molecule has 118 valence electrons. The van der Waals surface area contributed by atoms with E-state index >= 15 is 0 Å². The zero-order valence-electron chi connectivity index (χ0n) is 13.5. The molecular formula is C20H20O2S. The molecular weight excluding hydrogens is 304 g/mol. The molecule has 2 aromatic carbocycles. The van der Waals surface area contributed by atoms with Gasteiger partial charge in [0.25, 0.3) is 0 Å². The van der Waals surface area contributed by atoms with Crippen molar-refractivity contribution in [3.05, 3.63) is 64.1 Å². The second-order valence-corrected chi connectivity index (χ2v) is 6.54. The van der Waals surface area contributed by atoms with Crippen molar-refractivity contribution in [2.24, 2.45) is 0 Å². The Bertz CT molecular complexity index is 762. The van der Waals surface area contributed by atoms with Crippen LogP contribution in [0.3, 0.4) is 0 Å². The average Bonchev–Trinajstić information content (AvgIpc) is 2.87. The normalized spacial score (nSPS) is 15.0. The summed E-state index contributed by atoms with van der Waals surface area (Å²) in [5.41, 5.74) is 2.99. The summed E-state index contributed by atoms with van der Waals surface area (Å²) >= 11 is 1.54. The summed E-state index contributed by atoms with van der Waals surface area (Å²) in [6, 6.07) is 13.9. The second-order valence-electron chi connectivity index (χ2n) is 5.45. The van der Waals surface area contributed by atoms with E-state index in [1.807, 2.05) is 49.4 Å². The standard InChI is InChI=1S/C20H20O2S/c1-3-8-14-9-7-10-15(20(14)22-4-2)13-18-19(21)16-11-5-6-12-17(16)23-18/h5-7,9-13H,3-4,8H2,1-2H3. The van der Waals surface area contributed by atoms with Crippen molar-refractivity contribution in [3.8, 4) is 5.75 Å². The van der Waals surface area contributed by atoms with Gasteiger partial charge >= 0.3 is 0 Å². The molecule has 0 bridgehead atoms. The van der Waals surface area contributed by atoms with Crippen LogP contribution < -0.4 is 4.74 Å². The molecule has 0 aromatic heterocycles. The molecule has 0 saturated heterocycles. The third-order valence-corrected chi connectivity index (χ3v) is 4.90. The Labute approximate surface area is 141 Å². The molecule has 3 rings (SSSR count). The van der Waals surface area contributed by atoms with E-state index in [9.17, 15) is 4.79 Å². The third-order valence-electron chi connectivity index (χ3n) is 3.80. The lowest BCUT2D eigenvalue weighted by Crippen LogP contribution is -2.00. The van der Waals surface area contributed by atoms with Crippen molar-refractivity contribution in [3.63, 3.8) is 0 Å². The van der Waals surface area contributed by atoms with Gasteiger partial charge in [0.1, 0.15) is 5.75 Å². The van der Waals surface area contributed by atoms with Crippen LogP contribution in [0, 0.1) is 0 Å². The topological polar surface area (TPSA) is 26.3 Å². The predicted octanol–water partition coefficient (Wildman–Crippen LogP) is 5.37. The van der Waals surface area contributed by atoms with E-state index in [1.165, 1.54) is 5.56 Å². The Balaban J connectivity index is 2.00. The second kappa shape index (κ2) is 7.05. The number of ketones is 1. The number of aryl methyl sites for hydroxylation is 1. The van der Waals surface area contributed by atoms with Crippen molar-refractivity contribution < 1.29 is 9.53 Å². The number of ether oxygens (including phenoxy) is 1. The summed E-state index contributed by atoms with van der Waals surface area (Å²) in [5, 5.41) is 0. The van der Waals surface area contributed by atoms with Gasteiger partial charge in [-0.05, 0) is 37.1 Å². The van der Waals surface area contributed by atoms with Crippen LogP contribution in [0.25, 0.3) is 6.08 Å². The Morgan fingerprint density at radius 1 is 1.09 bits per heavy atom. The van der Waals surface area contributed by atoms with Crippen LogP contribution >= 0.6 is 11.8 Å². The van der Waals surface area contributed by atoms with Crippen molar-refractivity contribution >= 4 is 23.6 Å². The van der Waals surface area contributed by atoms with Crippen LogP contribution in [-0.4, -0.2) is 12.4 Å². The Hall–Kier alpha value is -2.00. The summed E-state index contributed by atoms with van der Waals surface area (Å²) in [6.07, 6.45) is 4.02. The minimum Gasteiger partial charge on any atom is -0.493 e. The van der Waals surface area contributed by atoms with E-state index in [0.29, 0.717) is 6.61 Å². The number of carbonyl (C=O) groups excluding carboxylic acids is 1. The van der Waals surface area contributed by atoms with Crippen LogP contribution in [0.5, 0.6) is 5.75 Å². The smallest absolute Gasteiger partial charge is 0.200 e. The highest BCUT2D eigenvalue weighted by molar-refractivity contribution is 8.04. The lowest BCUT2D eigenvalue weighted by molar-refractivity contribution is 0.104. The molecule has 3 heteroatoms. The van der Waals surface area contributed by atoms with E-state index in [2.05, 4.69) is 13.0 Å². The third kappa shape index (κ3) is 3.20. The van der Waals surface area contributed by atoms with Gasteiger partial charge in [-0.15, -0.1) is 0 Å². The number of carbonyl (C=O) groups is 1.